The number of benzene rings is 1. The molecule has 0 bridgehead atoms. The van der Waals surface area contributed by atoms with Crippen molar-refractivity contribution in [1.82, 2.24) is 9.55 Å². The van der Waals surface area contributed by atoms with Crippen LogP contribution in [0.3, 0.4) is 0 Å². The first-order chi connectivity index (χ1) is 9.66. The Morgan fingerprint density at radius 3 is 2.90 bits per heavy atom. The Kier molecular flexibility index (Phi) is 3.23. The van der Waals surface area contributed by atoms with Crippen LogP contribution >= 0.6 is 11.6 Å². The third-order valence-electron chi connectivity index (χ3n) is 3.72. The molecule has 1 aliphatic carbocycles. The van der Waals surface area contributed by atoms with Crippen molar-refractivity contribution in [3.63, 3.8) is 0 Å². The van der Waals surface area contributed by atoms with Crippen LogP contribution in [0.25, 0.3) is 5.69 Å². The van der Waals surface area contributed by atoms with Gasteiger partial charge in [-0.2, -0.15) is 0 Å². The maximum absolute atomic E-state index is 12.3. The van der Waals surface area contributed by atoms with E-state index in [0.717, 1.165) is 12.8 Å². The fourth-order valence-electron chi connectivity index (χ4n) is 2.20. The topological polar surface area (TPSA) is 72.9 Å². The van der Waals surface area contributed by atoms with Crippen molar-refractivity contribution in [3.8, 4) is 5.69 Å². The third-order valence-corrected chi connectivity index (χ3v) is 4.03. The van der Waals surface area contributed by atoms with E-state index in [4.69, 9.17) is 17.3 Å². The number of aromatic nitrogens is 2. The molecule has 20 heavy (non-hydrogen) atoms. The summed E-state index contributed by atoms with van der Waals surface area (Å²) in [4.78, 5) is 16.3. The molecule has 0 radical (unpaired) electrons. The van der Waals surface area contributed by atoms with Gasteiger partial charge in [-0.25, -0.2) is 4.98 Å². The second-order valence-corrected chi connectivity index (χ2v) is 5.45. The fraction of sp³-hybridized carbons (Fsp3) is 0.286. The van der Waals surface area contributed by atoms with Gasteiger partial charge < -0.3 is 15.6 Å². The van der Waals surface area contributed by atoms with E-state index >= 15 is 0 Å². The largest absolute Gasteiger partial charge is 0.329 e. The first kappa shape index (κ1) is 13.1. The van der Waals surface area contributed by atoms with Crippen LogP contribution in [0.4, 0.5) is 5.69 Å². The Hall–Kier alpha value is -1.85. The van der Waals surface area contributed by atoms with E-state index in [0.29, 0.717) is 22.9 Å². The van der Waals surface area contributed by atoms with Gasteiger partial charge in [-0.3, -0.25) is 4.79 Å². The van der Waals surface area contributed by atoms with E-state index in [2.05, 4.69) is 10.3 Å². The Balaban J connectivity index is 1.94. The Morgan fingerprint density at radius 1 is 1.50 bits per heavy atom. The van der Waals surface area contributed by atoms with Crippen LogP contribution in [-0.2, 0) is 4.79 Å². The minimum atomic E-state index is -0.394. The molecular formula is C14H15ClN4O. The first-order valence-corrected chi connectivity index (χ1v) is 6.82. The standard InChI is InChI=1S/C14H15ClN4O/c15-10-2-1-3-11(12(10)19-7-6-17-9-19)18-13(20)14(8-16)4-5-14/h1-3,6-7,9H,4-5,8,16H2,(H,18,20). The van der Waals surface area contributed by atoms with Gasteiger partial charge in [0.2, 0.25) is 5.91 Å². The van der Waals surface area contributed by atoms with E-state index < -0.39 is 5.41 Å². The van der Waals surface area contributed by atoms with Gasteiger partial charge in [0, 0.05) is 18.9 Å². The van der Waals surface area contributed by atoms with Gasteiger partial charge in [0.25, 0.3) is 0 Å². The molecule has 1 aromatic heterocycles. The van der Waals surface area contributed by atoms with Crippen molar-refractivity contribution in [3.05, 3.63) is 41.9 Å². The number of amides is 1. The van der Waals surface area contributed by atoms with Crippen LogP contribution < -0.4 is 11.1 Å². The highest BCUT2D eigenvalue weighted by atomic mass is 35.5. The molecule has 1 aliphatic rings. The number of imidazole rings is 1. The quantitative estimate of drug-likeness (QED) is 0.907. The fourth-order valence-corrected chi connectivity index (χ4v) is 2.47. The molecule has 1 heterocycles. The maximum Gasteiger partial charge on any atom is 0.231 e. The number of rotatable bonds is 4. The van der Waals surface area contributed by atoms with E-state index in [-0.39, 0.29) is 5.91 Å². The van der Waals surface area contributed by atoms with Crippen LogP contribution in [0.15, 0.2) is 36.9 Å². The zero-order valence-corrected chi connectivity index (χ0v) is 11.6. The highest BCUT2D eigenvalue weighted by Gasteiger charge is 2.48. The van der Waals surface area contributed by atoms with E-state index in [1.807, 2.05) is 6.07 Å². The monoisotopic (exact) mass is 290 g/mol. The number of nitrogens with two attached hydrogens (primary N) is 1. The highest BCUT2D eigenvalue weighted by Crippen LogP contribution is 2.45. The Labute approximate surface area is 121 Å². The lowest BCUT2D eigenvalue weighted by atomic mass is 10.1. The molecule has 5 nitrogen and oxygen atoms in total. The molecular weight excluding hydrogens is 276 g/mol. The molecule has 0 unspecified atom stereocenters. The van der Waals surface area contributed by atoms with Gasteiger partial charge in [0.15, 0.2) is 0 Å². The molecule has 1 fully saturated rings. The number of hydrogen-bond donors (Lipinski definition) is 2. The number of carbonyl (C=O) groups excluding carboxylic acids is 1. The Morgan fingerprint density at radius 2 is 2.30 bits per heavy atom. The van der Waals surface area contributed by atoms with E-state index in [1.54, 1.807) is 35.4 Å². The lowest BCUT2D eigenvalue weighted by Gasteiger charge is -2.16. The average Bonchev–Trinajstić information content (AvgIpc) is 3.07. The summed E-state index contributed by atoms with van der Waals surface area (Å²) in [6.07, 6.45) is 6.78. The van der Waals surface area contributed by atoms with Crippen molar-refractivity contribution >= 4 is 23.2 Å². The van der Waals surface area contributed by atoms with Crippen molar-refractivity contribution in [1.29, 1.82) is 0 Å². The summed E-state index contributed by atoms with van der Waals surface area (Å²) in [5.41, 5.74) is 6.67. The summed E-state index contributed by atoms with van der Waals surface area (Å²) in [7, 11) is 0. The summed E-state index contributed by atoms with van der Waals surface area (Å²) in [6, 6.07) is 5.41. The van der Waals surface area contributed by atoms with Gasteiger partial charge in [-0.15, -0.1) is 0 Å². The maximum atomic E-state index is 12.3. The zero-order chi connectivity index (χ0) is 14.2. The molecule has 6 heteroatoms. The van der Waals surface area contributed by atoms with Gasteiger partial charge in [-0.1, -0.05) is 17.7 Å². The average molecular weight is 291 g/mol. The highest BCUT2D eigenvalue weighted by molar-refractivity contribution is 6.33. The molecule has 3 rings (SSSR count). The normalized spacial score (nSPS) is 15.9. The van der Waals surface area contributed by atoms with Crippen LogP contribution in [-0.4, -0.2) is 22.0 Å². The second kappa shape index (κ2) is 4.92. The molecule has 1 amide bonds. The number of hydrogen-bond acceptors (Lipinski definition) is 3. The number of nitrogens with one attached hydrogen (secondary N) is 1. The van der Waals surface area contributed by atoms with E-state index in [1.165, 1.54) is 0 Å². The summed E-state index contributed by atoms with van der Waals surface area (Å²) in [5.74, 6) is -0.0383. The summed E-state index contributed by atoms with van der Waals surface area (Å²) < 4.78 is 1.78. The smallest absolute Gasteiger partial charge is 0.231 e. The summed E-state index contributed by atoms with van der Waals surface area (Å²) in [5, 5.41) is 3.50. The first-order valence-electron chi connectivity index (χ1n) is 6.45. The van der Waals surface area contributed by atoms with Gasteiger partial charge in [0.05, 0.1) is 28.1 Å². The SMILES string of the molecule is NCC1(C(=O)Nc2cccc(Cl)c2-n2ccnc2)CC1. The minimum Gasteiger partial charge on any atom is -0.329 e. The van der Waals surface area contributed by atoms with Gasteiger partial charge in [-0.05, 0) is 25.0 Å². The predicted molar refractivity (Wildman–Crippen MR) is 77.9 cm³/mol. The van der Waals surface area contributed by atoms with Gasteiger partial charge >= 0.3 is 0 Å². The van der Waals surface area contributed by atoms with Crippen molar-refractivity contribution in [2.75, 3.05) is 11.9 Å². The molecule has 104 valence electrons. The summed E-state index contributed by atoms with van der Waals surface area (Å²) in [6.45, 7) is 0.375. The number of anilines is 1. The van der Waals surface area contributed by atoms with Crippen molar-refractivity contribution in [2.24, 2.45) is 11.1 Å². The number of nitrogens with zero attached hydrogens (tertiary/aromatic N) is 2. The molecule has 0 spiro atoms. The van der Waals surface area contributed by atoms with Crippen molar-refractivity contribution < 1.29 is 4.79 Å². The molecule has 0 aliphatic heterocycles. The third kappa shape index (κ3) is 2.19. The van der Waals surface area contributed by atoms with Crippen LogP contribution in [0.2, 0.25) is 5.02 Å². The second-order valence-electron chi connectivity index (χ2n) is 5.04. The van der Waals surface area contributed by atoms with Crippen LogP contribution in [0.1, 0.15) is 12.8 Å². The lowest BCUT2D eigenvalue weighted by molar-refractivity contribution is -0.120. The zero-order valence-electron chi connectivity index (χ0n) is 10.8. The minimum absolute atomic E-state index is 0.0383. The van der Waals surface area contributed by atoms with Crippen LogP contribution in [0.5, 0.6) is 0 Å². The number of carbonyl (C=O) groups is 1. The number of halogens is 1. The predicted octanol–water partition coefficient (Wildman–Crippen LogP) is 2.20. The lowest BCUT2D eigenvalue weighted by Crippen LogP contribution is -2.31. The Bertz CT molecular complexity index is 635. The molecule has 0 saturated heterocycles. The van der Waals surface area contributed by atoms with Gasteiger partial charge in [0.1, 0.15) is 0 Å². The molecule has 1 aromatic carbocycles. The van der Waals surface area contributed by atoms with Crippen molar-refractivity contribution in [2.45, 2.75) is 12.8 Å². The van der Waals surface area contributed by atoms with E-state index in [9.17, 15) is 4.79 Å². The van der Waals surface area contributed by atoms with Crippen LogP contribution in [0, 0.1) is 5.41 Å². The number of para-hydroxylation sites is 1. The molecule has 1 saturated carbocycles. The molecule has 0 atom stereocenters. The summed E-state index contributed by atoms with van der Waals surface area (Å²) >= 11 is 6.24. The molecule has 3 N–H and O–H groups in total. The molecule has 2 aromatic rings.